The summed E-state index contributed by atoms with van der Waals surface area (Å²) < 4.78 is 0. The highest BCUT2D eigenvalue weighted by Crippen LogP contribution is 2.17. The van der Waals surface area contributed by atoms with E-state index in [9.17, 15) is 9.59 Å². The lowest BCUT2D eigenvalue weighted by atomic mass is 10.1. The molecule has 0 saturated carbocycles. The zero-order valence-corrected chi connectivity index (χ0v) is 19.1. The minimum atomic E-state index is -0.437. The van der Waals surface area contributed by atoms with Crippen LogP contribution in [0.1, 0.15) is 42.3 Å². The van der Waals surface area contributed by atoms with E-state index in [0.29, 0.717) is 43.0 Å². The molecular weight excluding hydrogens is 418 g/mol. The summed E-state index contributed by atoms with van der Waals surface area (Å²) in [6, 6.07) is 14.8. The van der Waals surface area contributed by atoms with Crippen LogP contribution in [0.5, 0.6) is 0 Å². The number of rotatable bonds is 10. The summed E-state index contributed by atoms with van der Waals surface area (Å²) in [7, 11) is 0. The number of nitrogens with zero attached hydrogens (tertiary/aromatic N) is 3. The van der Waals surface area contributed by atoms with Crippen LogP contribution in [-0.2, 0) is 22.6 Å². The fraction of sp³-hybridized carbons (Fsp3) is 0.280. The third-order valence-corrected chi connectivity index (χ3v) is 4.60. The first-order valence-corrected chi connectivity index (χ1v) is 10.7. The van der Waals surface area contributed by atoms with Crippen molar-refractivity contribution in [2.24, 2.45) is 0 Å². The highest BCUT2D eigenvalue weighted by Gasteiger charge is 2.16. The number of hydrogen-bond donors (Lipinski definition) is 2. The first-order chi connectivity index (χ1) is 15.8. The van der Waals surface area contributed by atoms with Gasteiger partial charge < -0.3 is 10.6 Å². The largest absolute Gasteiger partial charge is 0.365 e. The van der Waals surface area contributed by atoms with Gasteiger partial charge in [-0.15, -0.1) is 0 Å². The van der Waals surface area contributed by atoms with Gasteiger partial charge in [0.15, 0.2) is 0 Å². The average molecular weight is 448 g/mol. The van der Waals surface area contributed by atoms with E-state index in [1.807, 2.05) is 57.2 Å². The molecule has 0 spiro atoms. The van der Waals surface area contributed by atoms with Crippen molar-refractivity contribution in [2.75, 3.05) is 17.2 Å². The summed E-state index contributed by atoms with van der Waals surface area (Å²) >= 11 is 0. The summed E-state index contributed by atoms with van der Waals surface area (Å²) in [5.74, 6) is 0.259. The highest BCUT2D eigenvalue weighted by molar-refractivity contribution is 6.07. The molecule has 0 radical (unpaired) electrons. The van der Waals surface area contributed by atoms with Crippen LogP contribution in [0.4, 0.5) is 11.5 Å². The molecule has 0 unspecified atom stereocenters. The lowest BCUT2D eigenvalue weighted by Gasteiger charge is -2.26. The molecule has 3 rings (SSSR count). The molecule has 2 N–H and O–H groups in total. The van der Waals surface area contributed by atoms with Crippen LogP contribution in [0.15, 0.2) is 67.1 Å². The number of hydrogen-bond acceptors (Lipinski definition) is 6. The van der Waals surface area contributed by atoms with Crippen molar-refractivity contribution in [3.63, 3.8) is 0 Å². The van der Waals surface area contributed by atoms with Gasteiger partial charge in [0.05, 0.1) is 17.7 Å². The first kappa shape index (κ1) is 23.9. The zero-order valence-electron chi connectivity index (χ0n) is 19.1. The third kappa shape index (κ3) is 7.69. The molecular formula is C25H29N5O3. The van der Waals surface area contributed by atoms with Crippen molar-refractivity contribution in [1.82, 2.24) is 15.0 Å². The summed E-state index contributed by atoms with van der Waals surface area (Å²) in [4.78, 5) is 38.0. The number of benzene rings is 1. The smallest absolute Gasteiger partial charge is 0.259 e. The molecule has 0 aliphatic carbocycles. The molecule has 2 amide bonds. The van der Waals surface area contributed by atoms with Gasteiger partial charge in [-0.25, -0.2) is 10.0 Å². The van der Waals surface area contributed by atoms with E-state index in [1.165, 1.54) is 5.06 Å². The van der Waals surface area contributed by atoms with Crippen molar-refractivity contribution in [2.45, 2.75) is 39.3 Å². The van der Waals surface area contributed by atoms with E-state index in [2.05, 4.69) is 20.6 Å². The van der Waals surface area contributed by atoms with Gasteiger partial charge in [0.1, 0.15) is 5.82 Å². The molecule has 0 saturated heterocycles. The average Bonchev–Trinajstić information content (AvgIpc) is 2.81. The summed E-state index contributed by atoms with van der Waals surface area (Å²) in [5.41, 5.74) is 2.76. The second kappa shape index (κ2) is 11.2. The van der Waals surface area contributed by atoms with Crippen molar-refractivity contribution < 1.29 is 14.4 Å². The Morgan fingerprint density at radius 1 is 1.03 bits per heavy atom. The minimum absolute atomic E-state index is 0.251. The van der Waals surface area contributed by atoms with Crippen LogP contribution in [0, 0.1) is 0 Å². The van der Waals surface area contributed by atoms with E-state index in [0.717, 1.165) is 11.1 Å². The normalized spacial score (nSPS) is 11.0. The molecule has 2 aromatic heterocycles. The van der Waals surface area contributed by atoms with E-state index in [-0.39, 0.29) is 5.91 Å². The van der Waals surface area contributed by atoms with E-state index in [1.54, 1.807) is 30.7 Å². The molecule has 3 aromatic rings. The summed E-state index contributed by atoms with van der Waals surface area (Å²) in [6.07, 6.45) is 6.41. The molecule has 0 aliphatic heterocycles. The van der Waals surface area contributed by atoms with Crippen molar-refractivity contribution >= 4 is 23.8 Å². The molecule has 8 nitrogen and oxygen atoms in total. The maximum atomic E-state index is 12.9. The Labute approximate surface area is 194 Å². The molecule has 0 aliphatic rings. The van der Waals surface area contributed by atoms with Crippen LogP contribution in [0.3, 0.4) is 0 Å². The Morgan fingerprint density at radius 3 is 2.42 bits per heavy atom. The molecule has 172 valence electrons. The Hall–Kier alpha value is -3.78. The van der Waals surface area contributed by atoms with Crippen molar-refractivity contribution in [3.05, 3.63) is 83.8 Å². The van der Waals surface area contributed by atoms with Gasteiger partial charge in [0, 0.05) is 30.8 Å². The summed E-state index contributed by atoms with van der Waals surface area (Å²) in [5, 5.41) is 7.42. The SMILES string of the molecule is CC(C)(C)ON(C=O)CCc1ccc(NC(=O)c2cccnc2NCc2ccncc2)cc1. The quantitative estimate of drug-likeness (QED) is 0.359. The number of aromatic nitrogens is 2. The van der Waals surface area contributed by atoms with Gasteiger partial charge in [-0.2, -0.15) is 0 Å². The molecule has 8 heteroatoms. The second-order valence-corrected chi connectivity index (χ2v) is 8.46. The zero-order chi connectivity index (χ0) is 23.7. The van der Waals surface area contributed by atoms with Gasteiger partial charge in [-0.3, -0.25) is 19.4 Å². The number of nitrogens with one attached hydrogen (secondary N) is 2. The number of amides is 2. The van der Waals surface area contributed by atoms with Crippen LogP contribution in [0.2, 0.25) is 0 Å². The maximum Gasteiger partial charge on any atom is 0.259 e. The van der Waals surface area contributed by atoms with E-state index in [4.69, 9.17) is 4.84 Å². The highest BCUT2D eigenvalue weighted by atomic mass is 16.7. The Balaban J connectivity index is 1.58. The number of carbonyl (C=O) groups is 2. The van der Waals surface area contributed by atoms with Crippen LogP contribution in [-0.4, -0.2) is 39.5 Å². The lowest BCUT2D eigenvalue weighted by Crippen LogP contribution is -2.34. The number of anilines is 2. The van der Waals surface area contributed by atoms with Gasteiger partial charge in [0.2, 0.25) is 6.41 Å². The predicted octanol–water partition coefficient (Wildman–Crippen LogP) is 4.07. The third-order valence-electron chi connectivity index (χ3n) is 4.60. The Bertz CT molecular complexity index is 1050. The Kier molecular flexibility index (Phi) is 8.10. The topological polar surface area (TPSA) is 96.5 Å². The van der Waals surface area contributed by atoms with Crippen molar-refractivity contribution in [1.29, 1.82) is 0 Å². The fourth-order valence-electron chi connectivity index (χ4n) is 3.08. The first-order valence-electron chi connectivity index (χ1n) is 10.7. The number of hydroxylamine groups is 2. The van der Waals surface area contributed by atoms with Crippen LogP contribution in [0.25, 0.3) is 0 Å². The van der Waals surface area contributed by atoms with Gasteiger partial charge in [-0.05, 0) is 74.7 Å². The minimum Gasteiger partial charge on any atom is -0.365 e. The van der Waals surface area contributed by atoms with Gasteiger partial charge in [-0.1, -0.05) is 12.1 Å². The standard InChI is InChI=1S/C25H29N5O3/c1-25(2,3)33-30(18-31)16-12-19-6-8-21(9-7-19)29-24(32)22-5-4-13-27-23(22)28-17-20-10-14-26-15-11-20/h4-11,13-15,18H,12,16-17H2,1-3H3,(H,27,28)(H,29,32). The molecule has 2 heterocycles. The second-order valence-electron chi connectivity index (χ2n) is 8.46. The maximum absolute atomic E-state index is 12.9. The summed E-state index contributed by atoms with van der Waals surface area (Å²) in [6.45, 7) is 6.65. The predicted molar refractivity (Wildman–Crippen MR) is 128 cm³/mol. The molecule has 0 bridgehead atoms. The molecule has 33 heavy (non-hydrogen) atoms. The molecule has 1 aromatic carbocycles. The number of carbonyl (C=O) groups excluding carboxylic acids is 2. The molecule has 0 atom stereocenters. The Morgan fingerprint density at radius 2 is 1.76 bits per heavy atom. The fourth-order valence-corrected chi connectivity index (χ4v) is 3.08. The lowest BCUT2D eigenvalue weighted by molar-refractivity contribution is -0.215. The molecule has 0 fully saturated rings. The van der Waals surface area contributed by atoms with Gasteiger partial charge >= 0.3 is 0 Å². The van der Waals surface area contributed by atoms with Crippen molar-refractivity contribution in [3.8, 4) is 0 Å². The monoisotopic (exact) mass is 447 g/mol. The van der Waals surface area contributed by atoms with Crippen LogP contribution >= 0.6 is 0 Å². The van der Waals surface area contributed by atoms with E-state index < -0.39 is 5.60 Å². The van der Waals surface area contributed by atoms with Crippen LogP contribution < -0.4 is 10.6 Å². The van der Waals surface area contributed by atoms with Gasteiger partial charge in [0.25, 0.3) is 5.91 Å². The van der Waals surface area contributed by atoms with E-state index >= 15 is 0 Å². The number of pyridine rings is 2.